The van der Waals surface area contributed by atoms with Gasteiger partial charge in [-0.2, -0.15) is 0 Å². The van der Waals surface area contributed by atoms with Gasteiger partial charge in [-0.3, -0.25) is 4.79 Å². The van der Waals surface area contributed by atoms with Crippen LogP contribution in [0.4, 0.5) is 11.6 Å². The summed E-state index contributed by atoms with van der Waals surface area (Å²) < 4.78 is 0. The summed E-state index contributed by atoms with van der Waals surface area (Å²) in [4.78, 5) is 23.2. The van der Waals surface area contributed by atoms with E-state index in [9.17, 15) is 4.79 Å². The number of hydrogen-bond donors (Lipinski definition) is 2. The van der Waals surface area contributed by atoms with E-state index >= 15 is 0 Å². The highest BCUT2D eigenvalue weighted by Gasteiger charge is 2.05. The molecule has 2 N–H and O–H groups in total. The van der Waals surface area contributed by atoms with Gasteiger partial charge in [-0.15, -0.1) is 0 Å². The van der Waals surface area contributed by atoms with Crippen LogP contribution in [0.2, 0.25) is 0 Å². The Morgan fingerprint density at radius 3 is 2.92 bits per heavy atom. The average molecular weight is 314 g/mol. The summed E-state index contributed by atoms with van der Waals surface area (Å²) in [5.74, 6) is 0.502. The Kier molecular flexibility index (Phi) is 3.31. The predicted octanol–water partition coefficient (Wildman–Crippen LogP) is 3.86. The first-order valence-electron chi connectivity index (χ1n) is 7.51. The van der Waals surface area contributed by atoms with Gasteiger partial charge in [0.2, 0.25) is 11.5 Å². The molecule has 0 saturated carbocycles. The summed E-state index contributed by atoms with van der Waals surface area (Å²) in [7, 11) is 0. The van der Waals surface area contributed by atoms with Crippen LogP contribution in [-0.2, 0) is 0 Å². The fraction of sp³-hybridized carbons (Fsp3) is 0. The Morgan fingerprint density at radius 2 is 2.04 bits per heavy atom. The van der Waals surface area contributed by atoms with E-state index in [2.05, 4.69) is 26.8 Å². The molecule has 5 heteroatoms. The lowest BCUT2D eigenvalue weighted by Crippen LogP contribution is -2.04. The zero-order valence-corrected chi connectivity index (χ0v) is 12.8. The molecule has 116 valence electrons. The van der Waals surface area contributed by atoms with Crippen molar-refractivity contribution in [2.24, 2.45) is 0 Å². The topological polar surface area (TPSA) is 70.7 Å². The van der Waals surface area contributed by atoms with Gasteiger partial charge < -0.3 is 10.3 Å². The van der Waals surface area contributed by atoms with E-state index in [0.29, 0.717) is 5.95 Å². The Labute approximate surface area is 137 Å². The molecule has 5 nitrogen and oxygen atoms in total. The lowest BCUT2D eigenvalue weighted by atomic mass is 10.1. The van der Waals surface area contributed by atoms with Gasteiger partial charge in [0, 0.05) is 23.0 Å². The van der Waals surface area contributed by atoms with Gasteiger partial charge in [-0.1, -0.05) is 30.9 Å². The molecule has 2 heterocycles. The van der Waals surface area contributed by atoms with E-state index in [4.69, 9.17) is 0 Å². The second kappa shape index (κ2) is 5.62. The Bertz CT molecular complexity index is 1130. The van der Waals surface area contributed by atoms with Gasteiger partial charge in [0.25, 0.3) is 0 Å². The fourth-order valence-electron chi connectivity index (χ4n) is 2.64. The van der Waals surface area contributed by atoms with Crippen LogP contribution in [0.5, 0.6) is 0 Å². The third-order valence-electron chi connectivity index (χ3n) is 3.85. The number of rotatable bonds is 3. The third-order valence-corrected chi connectivity index (χ3v) is 3.85. The number of hydrogen-bond acceptors (Lipinski definition) is 4. The minimum Gasteiger partial charge on any atom is -0.324 e. The van der Waals surface area contributed by atoms with Crippen molar-refractivity contribution in [2.75, 3.05) is 5.32 Å². The smallest absolute Gasteiger partial charge is 0.248 e. The second-order valence-electron chi connectivity index (χ2n) is 5.43. The number of H-pyrrole nitrogens is 1. The number of nitrogens with zero attached hydrogens (tertiary/aromatic N) is 2. The van der Waals surface area contributed by atoms with E-state index < -0.39 is 0 Å². The molecule has 0 radical (unpaired) electrons. The first-order chi connectivity index (χ1) is 11.7. The number of fused-ring (bicyclic) bond motifs is 2. The minimum atomic E-state index is -0.126. The van der Waals surface area contributed by atoms with Crippen molar-refractivity contribution in [1.82, 2.24) is 15.0 Å². The van der Waals surface area contributed by atoms with Crippen molar-refractivity contribution in [3.63, 3.8) is 0 Å². The maximum atomic E-state index is 11.5. The summed E-state index contributed by atoms with van der Waals surface area (Å²) in [6.45, 7) is 3.78. The Morgan fingerprint density at radius 1 is 1.12 bits per heavy atom. The van der Waals surface area contributed by atoms with Gasteiger partial charge >= 0.3 is 0 Å². The summed E-state index contributed by atoms with van der Waals surface area (Å²) in [6, 6.07) is 14.9. The van der Waals surface area contributed by atoms with Gasteiger partial charge in [-0.25, -0.2) is 9.97 Å². The zero-order valence-electron chi connectivity index (χ0n) is 12.8. The molecular weight excluding hydrogens is 300 g/mol. The highest BCUT2D eigenvalue weighted by Crippen LogP contribution is 2.24. The normalized spacial score (nSPS) is 10.8. The van der Waals surface area contributed by atoms with Crippen LogP contribution in [0.25, 0.3) is 27.9 Å². The maximum absolute atomic E-state index is 11.5. The molecule has 0 fully saturated rings. The van der Waals surface area contributed by atoms with Gasteiger partial charge in [0.1, 0.15) is 0 Å². The van der Waals surface area contributed by atoms with Crippen LogP contribution in [0.3, 0.4) is 0 Å². The first kappa shape index (κ1) is 14.1. The van der Waals surface area contributed by atoms with Crippen molar-refractivity contribution in [1.29, 1.82) is 0 Å². The minimum absolute atomic E-state index is 0.126. The lowest BCUT2D eigenvalue weighted by molar-refractivity contribution is 1.21. The Balaban J connectivity index is 1.79. The molecule has 0 aliphatic carbocycles. The molecule has 2 aromatic carbocycles. The molecule has 4 aromatic rings. The molecular formula is C19H14N4O. The molecule has 0 amide bonds. The van der Waals surface area contributed by atoms with Crippen molar-refractivity contribution in [2.45, 2.75) is 0 Å². The van der Waals surface area contributed by atoms with E-state index in [1.807, 2.05) is 36.4 Å². The van der Waals surface area contributed by atoms with Crippen LogP contribution in [0.15, 0.2) is 66.1 Å². The van der Waals surface area contributed by atoms with Crippen molar-refractivity contribution in [3.8, 4) is 0 Å². The SMILES string of the molecule is C=Cc1ccc2cnc(Nc3cccc4[nH]c(=O)ccc34)nc2c1. The summed E-state index contributed by atoms with van der Waals surface area (Å²) in [6.07, 6.45) is 3.57. The molecule has 2 aromatic heterocycles. The average Bonchev–Trinajstić information content (AvgIpc) is 2.61. The number of anilines is 2. The van der Waals surface area contributed by atoms with Crippen LogP contribution < -0.4 is 10.9 Å². The number of nitrogens with one attached hydrogen (secondary N) is 2. The van der Waals surface area contributed by atoms with Gasteiger partial charge in [0.15, 0.2) is 0 Å². The molecule has 0 atom stereocenters. The van der Waals surface area contributed by atoms with Crippen LogP contribution >= 0.6 is 0 Å². The fourth-order valence-corrected chi connectivity index (χ4v) is 2.64. The third kappa shape index (κ3) is 2.52. The van der Waals surface area contributed by atoms with E-state index in [0.717, 1.165) is 33.1 Å². The van der Waals surface area contributed by atoms with Crippen LogP contribution in [-0.4, -0.2) is 15.0 Å². The van der Waals surface area contributed by atoms with Crippen molar-refractivity contribution >= 4 is 39.5 Å². The monoisotopic (exact) mass is 314 g/mol. The number of benzene rings is 2. The van der Waals surface area contributed by atoms with Crippen LogP contribution in [0, 0.1) is 0 Å². The first-order valence-corrected chi connectivity index (χ1v) is 7.51. The second-order valence-corrected chi connectivity index (χ2v) is 5.43. The van der Waals surface area contributed by atoms with Gasteiger partial charge in [0.05, 0.1) is 16.7 Å². The van der Waals surface area contributed by atoms with Crippen molar-refractivity contribution < 1.29 is 0 Å². The molecule has 0 unspecified atom stereocenters. The highest BCUT2D eigenvalue weighted by atomic mass is 16.1. The molecule has 0 bridgehead atoms. The largest absolute Gasteiger partial charge is 0.324 e. The quantitative estimate of drug-likeness (QED) is 0.602. The van der Waals surface area contributed by atoms with E-state index in [1.54, 1.807) is 18.3 Å². The van der Waals surface area contributed by atoms with Crippen LogP contribution in [0.1, 0.15) is 5.56 Å². The summed E-state index contributed by atoms with van der Waals surface area (Å²) >= 11 is 0. The van der Waals surface area contributed by atoms with E-state index in [-0.39, 0.29) is 5.56 Å². The molecule has 24 heavy (non-hydrogen) atoms. The molecule has 0 aliphatic rings. The van der Waals surface area contributed by atoms with Crippen molar-refractivity contribution in [3.05, 3.63) is 77.2 Å². The maximum Gasteiger partial charge on any atom is 0.248 e. The highest BCUT2D eigenvalue weighted by molar-refractivity contribution is 5.92. The summed E-state index contributed by atoms with van der Waals surface area (Å²) in [5, 5.41) is 5.10. The molecule has 4 rings (SSSR count). The molecule has 0 saturated heterocycles. The van der Waals surface area contributed by atoms with E-state index in [1.165, 1.54) is 6.07 Å². The predicted molar refractivity (Wildman–Crippen MR) is 97.5 cm³/mol. The lowest BCUT2D eigenvalue weighted by Gasteiger charge is -2.09. The summed E-state index contributed by atoms with van der Waals surface area (Å²) in [5.41, 5.74) is 3.33. The van der Waals surface area contributed by atoms with Gasteiger partial charge in [-0.05, 0) is 29.8 Å². The number of pyridine rings is 1. The molecule has 0 spiro atoms. The number of aromatic nitrogens is 3. The number of aromatic amines is 1. The Hall–Kier alpha value is -3.47. The molecule has 0 aliphatic heterocycles. The zero-order chi connectivity index (χ0) is 16.5. The standard InChI is InChI=1S/C19H14N4O/c1-2-12-6-7-13-11-20-19(23-17(13)10-12)22-16-5-3-4-15-14(16)8-9-18(24)21-15/h2-11H,1H2,(H,21,24)(H,20,22,23).